The van der Waals surface area contributed by atoms with E-state index in [0.29, 0.717) is 0 Å². The Bertz CT molecular complexity index is 622. The second kappa shape index (κ2) is 6.05. The van der Waals surface area contributed by atoms with Crippen LogP contribution in [-0.4, -0.2) is 33.7 Å². The first-order valence-corrected chi connectivity index (χ1v) is 8.49. The normalized spacial score (nSPS) is 17.7. The Kier molecular flexibility index (Phi) is 4.31. The predicted octanol–water partition coefficient (Wildman–Crippen LogP) is 3.81. The number of aromatic nitrogens is 1. The quantitative estimate of drug-likeness (QED) is 0.909. The van der Waals surface area contributed by atoms with Crippen molar-refractivity contribution >= 4 is 22.9 Å². The van der Waals surface area contributed by atoms with Crippen LogP contribution in [0.5, 0.6) is 0 Å². The molecule has 1 fully saturated rings. The zero-order chi connectivity index (χ0) is 14.9. The van der Waals surface area contributed by atoms with Gasteiger partial charge in [0.2, 0.25) is 0 Å². The molecule has 3 rings (SSSR count). The Hall–Kier alpha value is -0.940. The molecule has 5 heteroatoms. The molecule has 0 atom stereocenters. The molecule has 0 saturated carbocycles. The molecule has 3 nitrogen and oxygen atoms in total. The number of hydrogen-bond acceptors (Lipinski definition) is 4. The molecule has 0 amide bonds. The fourth-order valence-corrected chi connectivity index (χ4v) is 4.02. The van der Waals surface area contributed by atoms with Crippen molar-refractivity contribution in [3.63, 3.8) is 0 Å². The second-order valence-corrected chi connectivity index (χ2v) is 7.01. The lowest BCUT2D eigenvalue weighted by molar-refractivity contribution is -0.107. The highest BCUT2D eigenvalue weighted by Crippen LogP contribution is 2.32. The van der Waals surface area contributed by atoms with Crippen LogP contribution in [0, 0.1) is 0 Å². The summed E-state index contributed by atoms with van der Waals surface area (Å²) in [5.74, 6) is 0. The van der Waals surface area contributed by atoms with Crippen molar-refractivity contribution < 1.29 is 5.11 Å². The number of benzene rings is 1. The summed E-state index contributed by atoms with van der Waals surface area (Å²) in [7, 11) is 0. The van der Waals surface area contributed by atoms with E-state index in [9.17, 15) is 5.11 Å². The number of β-amino-alcohol motifs (C(OH)–C–C–N with tert-alkyl or cyclic N) is 1. The van der Waals surface area contributed by atoms with Gasteiger partial charge in [0.1, 0.15) is 5.01 Å². The highest BCUT2D eigenvalue weighted by atomic mass is 35.5. The van der Waals surface area contributed by atoms with E-state index in [1.54, 1.807) is 11.3 Å². The Morgan fingerprint density at radius 1 is 1.38 bits per heavy atom. The molecular formula is C16H19ClN2OS. The molecule has 1 N–H and O–H groups in total. The highest BCUT2D eigenvalue weighted by Gasteiger charge is 2.40. The van der Waals surface area contributed by atoms with Crippen LogP contribution < -0.4 is 0 Å². The molecule has 1 saturated heterocycles. The van der Waals surface area contributed by atoms with E-state index < -0.39 is 5.60 Å². The van der Waals surface area contributed by atoms with Gasteiger partial charge in [-0.25, -0.2) is 4.98 Å². The van der Waals surface area contributed by atoms with Crippen LogP contribution in [0.25, 0.3) is 10.6 Å². The minimum atomic E-state index is -0.476. The average molecular weight is 323 g/mol. The van der Waals surface area contributed by atoms with Crippen LogP contribution in [0.2, 0.25) is 5.02 Å². The van der Waals surface area contributed by atoms with Gasteiger partial charge in [0.15, 0.2) is 0 Å². The summed E-state index contributed by atoms with van der Waals surface area (Å²) >= 11 is 7.83. The second-order valence-electron chi connectivity index (χ2n) is 5.74. The standard InChI is InChI=1S/C16H19ClN2OS/c1-2-7-16(20)10-19(11-16)8-12-9-21-15(18-12)13-5-3-4-6-14(13)17/h3-6,9,20H,2,7-8,10-11H2,1H3. The average Bonchev–Trinajstić information content (AvgIpc) is 2.86. The first-order chi connectivity index (χ1) is 10.1. The molecule has 1 aliphatic heterocycles. The summed E-state index contributed by atoms with van der Waals surface area (Å²) in [6.07, 6.45) is 1.91. The lowest BCUT2D eigenvalue weighted by atomic mass is 9.89. The summed E-state index contributed by atoms with van der Waals surface area (Å²) in [4.78, 5) is 6.90. The van der Waals surface area contributed by atoms with E-state index in [2.05, 4.69) is 22.2 Å². The van der Waals surface area contributed by atoms with Crippen LogP contribution in [0.1, 0.15) is 25.5 Å². The summed E-state index contributed by atoms with van der Waals surface area (Å²) in [6, 6.07) is 7.78. The monoisotopic (exact) mass is 322 g/mol. The number of nitrogens with zero attached hydrogens (tertiary/aromatic N) is 2. The van der Waals surface area contributed by atoms with Gasteiger partial charge < -0.3 is 5.11 Å². The molecule has 2 aromatic rings. The van der Waals surface area contributed by atoms with Gasteiger partial charge in [-0.2, -0.15) is 0 Å². The first kappa shape index (κ1) is 15.0. The maximum Gasteiger partial charge on any atom is 0.125 e. The van der Waals surface area contributed by atoms with E-state index >= 15 is 0 Å². The number of aliphatic hydroxyl groups is 1. The molecule has 21 heavy (non-hydrogen) atoms. The van der Waals surface area contributed by atoms with Crippen molar-refractivity contribution in [2.45, 2.75) is 31.9 Å². The maximum atomic E-state index is 10.2. The molecule has 2 heterocycles. The lowest BCUT2D eigenvalue weighted by Gasteiger charge is -2.46. The van der Waals surface area contributed by atoms with Crippen molar-refractivity contribution in [1.82, 2.24) is 9.88 Å². The zero-order valence-corrected chi connectivity index (χ0v) is 13.6. The summed E-state index contributed by atoms with van der Waals surface area (Å²) in [5, 5.41) is 14.0. The van der Waals surface area contributed by atoms with Crippen molar-refractivity contribution in [1.29, 1.82) is 0 Å². The fourth-order valence-electron chi connectivity index (χ4n) is 2.89. The van der Waals surface area contributed by atoms with E-state index in [1.165, 1.54) is 0 Å². The van der Waals surface area contributed by atoms with Crippen molar-refractivity contribution in [3.8, 4) is 10.6 Å². The molecule has 0 radical (unpaired) electrons. The third-order valence-corrected chi connectivity index (χ3v) is 5.05. The smallest absolute Gasteiger partial charge is 0.125 e. The molecule has 112 valence electrons. The number of rotatable bonds is 5. The summed E-state index contributed by atoms with van der Waals surface area (Å²) in [5.41, 5.74) is 1.56. The first-order valence-electron chi connectivity index (χ1n) is 7.24. The molecule has 0 unspecified atom stereocenters. The van der Waals surface area contributed by atoms with Crippen LogP contribution in [-0.2, 0) is 6.54 Å². The SMILES string of the molecule is CCCC1(O)CN(Cc2csc(-c3ccccc3Cl)n2)C1. The van der Waals surface area contributed by atoms with Gasteiger partial charge >= 0.3 is 0 Å². The molecule has 0 bridgehead atoms. The van der Waals surface area contributed by atoms with E-state index in [4.69, 9.17) is 11.6 Å². The van der Waals surface area contributed by atoms with Gasteiger partial charge in [-0.1, -0.05) is 43.1 Å². The number of halogens is 1. The van der Waals surface area contributed by atoms with Gasteiger partial charge in [-0.3, -0.25) is 4.90 Å². The lowest BCUT2D eigenvalue weighted by Crippen LogP contribution is -2.60. The number of thiazole rings is 1. The van der Waals surface area contributed by atoms with Crippen LogP contribution in [0.4, 0.5) is 0 Å². The van der Waals surface area contributed by atoms with Gasteiger partial charge in [0, 0.05) is 30.6 Å². The topological polar surface area (TPSA) is 36.4 Å². The largest absolute Gasteiger partial charge is 0.387 e. The Labute approximate surface area is 134 Å². The number of hydrogen-bond donors (Lipinski definition) is 1. The Balaban J connectivity index is 1.64. The highest BCUT2D eigenvalue weighted by molar-refractivity contribution is 7.13. The third kappa shape index (κ3) is 3.29. The van der Waals surface area contributed by atoms with E-state index in [0.717, 1.165) is 53.8 Å². The third-order valence-electron chi connectivity index (χ3n) is 3.79. The van der Waals surface area contributed by atoms with Crippen molar-refractivity contribution in [3.05, 3.63) is 40.4 Å². The predicted molar refractivity (Wildman–Crippen MR) is 87.7 cm³/mol. The minimum absolute atomic E-state index is 0.476. The van der Waals surface area contributed by atoms with Crippen LogP contribution >= 0.6 is 22.9 Å². The molecule has 1 aromatic heterocycles. The zero-order valence-electron chi connectivity index (χ0n) is 12.1. The molecular weight excluding hydrogens is 304 g/mol. The van der Waals surface area contributed by atoms with Crippen molar-refractivity contribution in [2.24, 2.45) is 0 Å². The summed E-state index contributed by atoms with van der Waals surface area (Å²) in [6.45, 7) is 4.41. The molecule has 0 aliphatic carbocycles. The van der Waals surface area contributed by atoms with E-state index in [-0.39, 0.29) is 0 Å². The molecule has 0 spiro atoms. The fraction of sp³-hybridized carbons (Fsp3) is 0.438. The number of likely N-dealkylation sites (tertiary alicyclic amines) is 1. The van der Waals surface area contributed by atoms with Crippen LogP contribution in [0.15, 0.2) is 29.6 Å². The van der Waals surface area contributed by atoms with E-state index in [1.807, 2.05) is 24.3 Å². The molecule has 1 aromatic carbocycles. The maximum absolute atomic E-state index is 10.2. The van der Waals surface area contributed by atoms with Gasteiger partial charge in [-0.15, -0.1) is 11.3 Å². The minimum Gasteiger partial charge on any atom is -0.387 e. The van der Waals surface area contributed by atoms with Crippen LogP contribution in [0.3, 0.4) is 0 Å². The van der Waals surface area contributed by atoms with Gasteiger partial charge in [-0.05, 0) is 12.5 Å². The molecule has 1 aliphatic rings. The Morgan fingerprint density at radius 3 is 2.86 bits per heavy atom. The van der Waals surface area contributed by atoms with Crippen molar-refractivity contribution in [2.75, 3.05) is 13.1 Å². The van der Waals surface area contributed by atoms with Gasteiger partial charge in [0.05, 0.1) is 16.3 Å². The Morgan fingerprint density at radius 2 is 2.14 bits per heavy atom. The summed E-state index contributed by atoms with van der Waals surface area (Å²) < 4.78 is 0. The van der Waals surface area contributed by atoms with Gasteiger partial charge in [0.25, 0.3) is 0 Å².